The second-order valence-electron chi connectivity index (χ2n) is 21.1. The fourth-order valence-electron chi connectivity index (χ4n) is 9.71. The third-order valence-corrected chi connectivity index (χ3v) is 15.4. The molecule has 11 nitrogen and oxygen atoms in total. The van der Waals surface area contributed by atoms with Crippen LogP contribution in [0.25, 0.3) is 0 Å². The van der Waals surface area contributed by atoms with Gasteiger partial charge in [0.1, 0.15) is 11.1 Å². The summed E-state index contributed by atoms with van der Waals surface area (Å²) in [7, 11) is 3.92. The van der Waals surface area contributed by atoms with Gasteiger partial charge in [0.2, 0.25) is 11.8 Å². The molecule has 12 heteroatoms. The number of hydrogen-bond acceptors (Lipinski definition) is 9. The number of anilines is 1. The number of hydrogen-bond donors (Lipinski definition) is 2. The van der Waals surface area contributed by atoms with Crippen molar-refractivity contribution in [3.05, 3.63) is 16.0 Å². The van der Waals surface area contributed by atoms with E-state index in [1.54, 1.807) is 0 Å². The monoisotopic (exact) mass is 1010 g/mol. The van der Waals surface area contributed by atoms with Crippen molar-refractivity contribution in [2.24, 2.45) is 5.92 Å². The van der Waals surface area contributed by atoms with Crippen molar-refractivity contribution in [1.82, 2.24) is 15.1 Å². The topological polar surface area (TPSA) is 134 Å². The molecule has 0 unspecified atom stereocenters. The Hall–Kier alpha value is -2.99. The molecule has 0 radical (unpaired) electrons. The molecule has 1 aliphatic rings. The minimum absolute atomic E-state index is 0.00646. The molecule has 0 aliphatic carbocycles. The number of esters is 2. The van der Waals surface area contributed by atoms with Crippen molar-refractivity contribution in [1.29, 1.82) is 0 Å². The Labute approximate surface area is 438 Å². The van der Waals surface area contributed by atoms with Crippen LogP contribution in [0.15, 0.2) is 0 Å². The minimum Gasteiger partial charge on any atom is -0.465 e. The largest absolute Gasteiger partial charge is 0.465 e. The highest BCUT2D eigenvalue weighted by molar-refractivity contribution is 7.17. The van der Waals surface area contributed by atoms with Crippen molar-refractivity contribution in [3.63, 3.8) is 0 Å². The van der Waals surface area contributed by atoms with Crippen LogP contribution in [0, 0.1) is 5.92 Å². The van der Waals surface area contributed by atoms with E-state index in [1.807, 2.05) is 23.9 Å². The van der Waals surface area contributed by atoms with Crippen molar-refractivity contribution in [2.45, 2.75) is 278 Å². The highest BCUT2D eigenvalue weighted by Gasteiger charge is 2.30. The van der Waals surface area contributed by atoms with Crippen molar-refractivity contribution in [2.75, 3.05) is 45.7 Å². The zero-order valence-corrected chi connectivity index (χ0v) is 47.3. The maximum atomic E-state index is 13.7. The van der Waals surface area contributed by atoms with E-state index in [-0.39, 0.29) is 48.1 Å². The molecule has 0 atom stereocenters. The van der Waals surface area contributed by atoms with E-state index in [4.69, 9.17) is 9.47 Å². The average molecular weight is 1020 g/mol. The van der Waals surface area contributed by atoms with Gasteiger partial charge < -0.3 is 29.9 Å². The maximum Gasteiger partial charge on any atom is 0.308 e. The molecule has 2 heterocycles. The molecule has 0 aromatic carbocycles. The van der Waals surface area contributed by atoms with Gasteiger partial charge in [0.05, 0.1) is 24.6 Å². The number of thiophene rings is 1. The van der Waals surface area contributed by atoms with Gasteiger partial charge in [-0.05, 0) is 96.7 Å². The van der Waals surface area contributed by atoms with Gasteiger partial charge in [-0.15, -0.1) is 11.3 Å². The van der Waals surface area contributed by atoms with Crippen molar-refractivity contribution >= 4 is 46.0 Å². The lowest BCUT2D eigenvalue weighted by Crippen LogP contribution is -2.36. The SMILES string of the molecule is CCCCCCCCC(CCCCCCCC)OC(=O)CCCCC(=O)Nc1sc2c(c1C(=O)NCCN(C)C)CCN(C(=O)CCCCCOC(=O)C(CCCCCCCC)CCCCCCCC)C2. The smallest absolute Gasteiger partial charge is 0.308 e. The zero-order chi connectivity index (χ0) is 51.7. The highest BCUT2D eigenvalue weighted by atomic mass is 32.1. The number of unbranched alkanes of at least 4 members (excludes halogenated alkanes) is 23. The van der Waals surface area contributed by atoms with Gasteiger partial charge in [0, 0.05) is 43.8 Å². The number of carbonyl (C=O) groups is 5. The lowest BCUT2D eigenvalue weighted by atomic mass is 9.94. The van der Waals surface area contributed by atoms with E-state index >= 15 is 0 Å². The Kier molecular flexibility index (Phi) is 38.3. The highest BCUT2D eigenvalue weighted by Crippen LogP contribution is 2.38. The van der Waals surface area contributed by atoms with Gasteiger partial charge in [-0.2, -0.15) is 0 Å². The van der Waals surface area contributed by atoms with Gasteiger partial charge >= 0.3 is 11.9 Å². The fraction of sp³-hybridized carbons (Fsp3) is 0.847. The Morgan fingerprint density at radius 1 is 0.606 bits per heavy atom. The summed E-state index contributed by atoms with van der Waals surface area (Å²) >= 11 is 1.39. The second-order valence-corrected chi connectivity index (χ2v) is 22.2. The van der Waals surface area contributed by atoms with E-state index < -0.39 is 0 Å². The summed E-state index contributed by atoms with van der Waals surface area (Å²) in [4.78, 5) is 71.6. The normalized spacial score (nSPS) is 12.5. The van der Waals surface area contributed by atoms with Crippen LogP contribution < -0.4 is 10.6 Å². The first-order valence-electron chi connectivity index (χ1n) is 29.5. The van der Waals surface area contributed by atoms with Gasteiger partial charge in [0.15, 0.2) is 0 Å². The number of nitrogens with one attached hydrogen (secondary N) is 2. The number of ether oxygens (including phenoxy) is 2. The average Bonchev–Trinajstić information content (AvgIpc) is 3.71. The molecule has 0 spiro atoms. The van der Waals surface area contributed by atoms with E-state index in [1.165, 1.54) is 140 Å². The molecule has 3 amide bonds. The predicted octanol–water partition coefficient (Wildman–Crippen LogP) is 15.1. The van der Waals surface area contributed by atoms with Gasteiger partial charge in [0.25, 0.3) is 5.91 Å². The number of rotatable bonds is 46. The molecule has 0 bridgehead atoms. The van der Waals surface area contributed by atoms with Crippen LogP contribution in [0.4, 0.5) is 5.00 Å². The standard InChI is InChI=1S/C59H106N4O7S/c1-7-11-15-19-23-28-36-49(37-29-24-20-16-12-8-2)59(68)69-47-35-27-32-41-54(65)63-45-43-51-52(48-63)71-58(56(51)57(67)60-44-46-62(5)6)61-53(64)40-33-34-42-55(66)70-50(38-30-25-21-17-13-9-3)39-31-26-22-18-14-10-4/h49-50H,7-48H2,1-6H3,(H,60,67)(H,61,64). The first-order chi connectivity index (χ1) is 34.5. The Bertz CT molecular complexity index is 1530. The number of likely N-dealkylation sites (N-methyl/N-ethyl adjacent to an activating group) is 1. The summed E-state index contributed by atoms with van der Waals surface area (Å²) in [6, 6.07) is 0. The van der Waals surface area contributed by atoms with Crippen LogP contribution in [0.2, 0.25) is 0 Å². The summed E-state index contributed by atoms with van der Waals surface area (Å²) in [6.45, 7) is 11.4. The predicted molar refractivity (Wildman–Crippen MR) is 296 cm³/mol. The molecule has 1 aliphatic heterocycles. The molecule has 410 valence electrons. The first-order valence-corrected chi connectivity index (χ1v) is 30.4. The van der Waals surface area contributed by atoms with Crippen LogP contribution >= 0.6 is 11.3 Å². The van der Waals surface area contributed by atoms with E-state index in [9.17, 15) is 24.0 Å². The van der Waals surface area contributed by atoms with Crippen LogP contribution in [0.5, 0.6) is 0 Å². The van der Waals surface area contributed by atoms with E-state index in [0.29, 0.717) is 75.5 Å². The molecule has 2 rings (SSSR count). The molecule has 1 aromatic rings. The van der Waals surface area contributed by atoms with Crippen LogP contribution in [0.1, 0.15) is 280 Å². The third-order valence-electron chi connectivity index (χ3n) is 14.3. The summed E-state index contributed by atoms with van der Waals surface area (Å²) in [5.74, 6) is -0.536. The molecule has 71 heavy (non-hydrogen) atoms. The first kappa shape index (κ1) is 64.1. The van der Waals surface area contributed by atoms with Gasteiger partial charge in [-0.25, -0.2) is 0 Å². The molecule has 0 fully saturated rings. The number of fused-ring (bicyclic) bond motifs is 1. The second kappa shape index (κ2) is 42.4. The third kappa shape index (κ3) is 30.7. The molecular weight excluding hydrogens is 909 g/mol. The van der Waals surface area contributed by atoms with Crippen molar-refractivity contribution in [3.8, 4) is 0 Å². The quantitative estimate of drug-likeness (QED) is 0.0487. The Morgan fingerprint density at radius 3 is 1.65 bits per heavy atom. The van der Waals surface area contributed by atoms with E-state index in [0.717, 1.165) is 81.1 Å². The summed E-state index contributed by atoms with van der Waals surface area (Å²) in [6.07, 6.45) is 37.8. The Morgan fingerprint density at radius 2 is 1.10 bits per heavy atom. The van der Waals surface area contributed by atoms with Gasteiger partial charge in [-0.1, -0.05) is 169 Å². The molecule has 2 N–H and O–H groups in total. The molecule has 1 aromatic heterocycles. The van der Waals surface area contributed by atoms with Gasteiger partial charge in [-0.3, -0.25) is 24.0 Å². The molecule has 0 saturated carbocycles. The number of carbonyl (C=O) groups excluding carboxylic acids is 5. The number of nitrogens with zero attached hydrogens (tertiary/aromatic N) is 2. The summed E-state index contributed by atoms with van der Waals surface area (Å²) < 4.78 is 11.9. The molecule has 0 saturated heterocycles. The number of amides is 3. The van der Waals surface area contributed by atoms with E-state index in [2.05, 4.69) is 38.3 Å². The Balaban J connectivity index is 1.90. The fourth-order valence-corrected chi connectivity index (χ4v) is 11.0. The van der Waals surface area contributed by atoms with Crippen molar-refractivity contribution < 1.29 is 33.4 Å². The zero-order valence-electron chi connectivity index (χ0n) is 46.5. The van der Waals surface area contributed by atoms with Crippen LogP contribution in [-0.2, 0) is 41.6 Å². The lowest BCUT2D eigenvalue weighted by Gasteiger charge is -2.27. The molecular formula is C59H106N4O7S. The minimum atomic E-state index is -0.213. The maximum absolute atomic E-state index is 13.7. The van der Waals surface area contributed by atoms with Crippen LogP contribution in [-0.4, -0.2) is 85.9 Å². The van der Waals surface area contributed by atoms with Crippen LogP contribution in [0.3, 0.4) is 0 Å². The summed E-state index contributed by atoms with van der Waals surface area (Å²) in [5.41, 5.74) is 1.41. The lowest BCUT2D eigenvalue weighted by molar-refractivity contribution is -0.150. The summed E-state index contributed by atoms with van der Waals surface area (Å²) in [5, 5.41) is 6.63.